The number of thiazole rings is 1. The van der Waals surface area contributed by atoms with Crippen molar-refractivity contribution >= 4 is 38.9 Å². The molecule has 2 heterocycles. The Balaban J connectivity index is 2.14. The molecule has 0 radical (unpaired) electrons. The van der Waals surface area contributed by atoms with Crippen LogP contribution < -0.4 is 4.74 Å². The van der Waals surface area contributed by atoms with Crippen molar-refractivity contribution in [3.8, 4) is 15.6 Å². The van der Waals surface area contributed by atoms with Crippen LogP contribution in [0.15, 0.2) is 29.6 Å². The maximum atomic E-state index is 10.9. The lowest BCUT2D eigenvalue weighted by molar-refractivity contribution is 0.0697. The molecule has 3 aromatic rings. The second-order valence-electron chi connectivity index (χ2n) is 3.82. The highest BCUT2D eigenvalue weighted by molar-refractivity contribution is 7.25. The lowest BCUT2D eigenvalue weighted by Crippen LogP contribution is -1.94. The van der Waals surface area contributed by atoms with E-state index in [2.05, 4.69) is 4.98 Å². The Kier molecular flexibility index (Phi) is 2.96. The molecule has 0 amide bonds. The van der Waals surface area contributed by atoms with Gasteiger partial charge < -0.3 is 9.84 Å². The number of methoxy groups -OCH3 is 1. The first-order chi connectivity index (χ1) is 9.19. The van der Waals surface area contributed by atoms with E-state index in [4.69, 9.17) is 9.84 Å². The largest absolute Gasteiger partial charge is 0.495 e. The maximum Gasteiger partial charge on any atom is 0.335 e. The first-order valence-electron chi connectivity index (χ1n) is 5.45. The quantitative estimate of drug-likeness (QED) is 0.798. The summed E-state index contributed by atoms with van der Waals surface area (Å²) >= 11 is 3.03. The van der Waals surface area contributed by atoms with Crippen LogP contribution in [0.5, 0.6) is 5.75 Å². The Morgan fingerprint density at radius 1 is 1.37 bits per heavy atom. The summed E-state index contributed by atoms with van der Waals surface area (Å²) in [5.74, 6) is -0.131. The number of aromatic carboxylic acids is 1. The fourth-order valence-corrected chi connectivity index (χ4v) is 3.73. The van der Waals surface area contributed by atoms with Gasteiger partial charge in [-0.15, -0.1) is 22.7 Å². The number of carbonyl (C=O) groups is 1. The summed E-state index contributed by atoms with van der Waals surface area (Å²) < 4.78 is 6.15. The van der Waals surface area contributed by atoms with Crippen LogP contribution in [-0.4, -0.2) is 23.2 Å². The molecule has 6 heteroatoms. The number of carboxylic acids is 1. The van der Waals surface area contributed by atoms with Crippen molar-refractivity contribution in [2.75, 3.05) is 7.11 Å². The van der Waals surface area contributed by atoms with Crippen LogP contribution in [0, 0.1) is 0 Å². The van der Waals surface area contributed by atoms with Crippen molar-refractivity contribution in [1.29, 1.82) is 0 Å². The molecule has 0 aliphatic rings. The number of hydrogen-bond donors (Lipinski definition) is 1. The minimum atomic E-state index is -0.925. The van der Waals surface area contributed by atoms with Crippen LogP contribution in [0.25, 0.3) is 20.1 Å². The monoisotopic (exact) mass is 291 g/mol. The molecule has 0 aliphatic heterocycles. The van der Waals surface area contributed by atoms with Gasteiger partial charge in [-0.3, -0.25) is 0 Å². The molecule has 0 bridgehead atoms. The van der Waals surface area contributed by atoms with Gasteiger partial charge in [-0.05, 0) is 29.6 Å². The lowest BCUT2D eigenvalue weighted by Gasteiger charge is -1.97. The van der Waals surface area contributed by atoms with Gasteiger partial charge in [-0.25, -0.2) is 9.78 Å². The fourth-order valence-electron chi connectivity index (χ4n) is 1.77. The molecule has 0 saturated heterocycles. The summed E-state index contributed by atoms with van der Waals surface area (Å²) in [6, 6.07) is 6.85. The van der Waals surface area contributed by atoms with E-state index >= 15 is 0 Å². The van der Waals surface area contributed by atoms with Crippen LogP contribution in [0.2, 0.25) is 0 Å². The van der Waals surface area contributed by atoms with Gasteiger partial charge >= 0.3 is 5.97 Å². The smallest absolute Gasteiger partial charge is 0.335 e. The number of carboxylic acid groups (broad SMARTS) is 1. The number of fused-ring (bicyclic) bond motifs is 1. The summed E-state index contributed by atoms with van der Waals surface area (Å²) in [5.41, 5.74) is 1.08. The van der Waals surface area contributed by atoms with Gasteiger partial charge in [0, 0.05) is 0 Å². The van der Waals surface area contributed by atoms with Crippen LogP contribution in [-0.2, 0) is 0 Å². The van der Waals surface area contributed by atoms with Crippen molar-refractivity contribution in [2.45, 2.75) is 0 Å². The van der Waals surface area contributed by atoms with Gasteiger partial charge in [0.05, 0.1) is 22.9 Å². The van der Waals surface area contributed by atoms with Crippen LogP contribution in [0.1, 0.15) is 10.4 Å². The molecule has 3 rings (SSSR count). The van der Waals surface area contributed by atoms with Gasteiger partial charge in [-0.1, -0.05) is 0 Å². The number of ether oxygens (including phenoxy) is 1. The zero-order valence-corrected chi connectivity index (χ0v) is 11.5. The van der Waals surface area contributed by atoms with E-state index in [0.29, 0.717) is 0 Å². The normalized spacial score (nSPS) is 10.8. The van der Waals surface area contributed by atoms with Crippen molar-refractivity contribution in [3.05, 3.63) is 35.2 Å². The molecular formula is C13H9NO3S2. The van der Waals surface area contributed by atoms with Crippen LogP contribution in [0.3, 0.4) is 0 Å². The third-order valence-electron chi connectivity index (χ3n) is 2.68. The topological polar surface area (TPSA) is 59.4 Å². The average molecular weight is 291 g/mol. The Morgan fingerprint density at radius 3 is 2.95 bits per heavy atom. The van der Waals surface area contributed by atoms with E-state index in [0.717, 1.165) is 25.9 Å². The zero-order valence-electron chi connectivity index (χ0n) is 9.91. The SMILES string of the molecule is COc1ccsc1-c1nc2ccc(C(=O)O)cc2s1. The van der Waals surface area contributed by atoms with E-state index < -0.39 is 5.97 Å². The maximum absolute atomic E-state index is 10.9. The van der Waals surface area contributed by atoms with E-state index in [9.17, 15) is 4.79 Å². The summed E-state index contributed by atoms with van der Waals surface area (Å²) in [4.78, 5) is 16.4. The molecule has 0 unspecified atom stereocenters. The van der Waals surface area contributed by atoms with Crippen molar-refractivity contribution in [2.24, 2.45) is 0 Å². The molecule has 0 saturated carbocycles. The Hall–Kier alpha value is -1.92. The number of benzene rings is 1. The molecule has 1 aromatic carbocycles. The molecule has 96 valence electrons. The van der Waals surface area contributed by atoms with E-state index in [-0.39, 0.29) is 5.56 Å². The summed E-state index contributed by atoms with van der Waals surface area (Å²) in [5, 5.41) is 11.8. The first-order valence-corrected chi connectivity index (χ1v) is 7.14. The minimum Gasteiger partial charge on any atom is -0.495 e. The van der Waals surface area contributed by atoms with Crippen LogP contribution in [0.4, 0.5) is 0 Å². The summed E-state index contributed by atoms with van der Waals surface area (Å²) in [6.07, 6.45) is 0. The highest BCUT2D eigenvalue weighted by atomic mass is 32.1. The first kappa shape index (κ1) is 12.1. The number of nitrogens with zero attached hydrogens (tertiary/aromatic N) is 1. The Morgan fingerprint density at radius 2 is 2.21 bits per heavy atom. The van der Waals surface area contributed by atoms with Crippen molar-refractivity contribution in [3.63, 3.8) is 0 Å². The molecule has 0 fully saturated rings. The van der Waals surface area contributed by atoms with Gasteiger partial charge in [0.2, 0.25) is 0 Å². The van der Waals surface area contributed by atoms with Gasteiger partial charge in [-0.2, -0.15) is 0 Å². The molecule has 1 N–H and O–H groups in total. The van der Waals surface area contributed by atoms with Gasteiger partial charge in [0.1, 0.15) is 15.6 Å². The molecule has 0 atom stereocenters. The highest BCUT2D eigenvalue weighted by Gasteiger charge is 2.13. The van der Waals surface area contributed by atoms with E-state index in [1.54, 1.807) is 36.6 Å². The zero-order chi connectivity index (χ0) is 13.4. The molecule has 0 spiro atoms. The Bertz CT molecular complexity index is 760. The van der Waals surface area contributed by atoms with Crippen LogP contribution >= 0.6 is 22.7 Å². The van der Waals surface area contributed by atoms with Crippen molar-refractivity contribution in [1.82, 2.24) is 4.98 Å². The molecular weight excluding hydrogens is 282 g/mol. The number of rotatable bonds is 3. The molecule has 4 nitrogen and oxygen atoms in total. The lowest BCUT2D eigenvalue weighted by atomic mass is 10.2. The number of thiophene rings is 1. The van der Waals surface area contributed by atoms with Gasteiger partial charge in [0.25, 0.3) is 0 Å². The molecule has 0 aliphatic carbocycles. The highest BCUT2D eigenvalue weighted by Crippen LogP contribution is 2.39. The van der Waals surface area contributed by atoms with E-state index in [1.165, 1.54) is 11.3 Å². The summed E-state index contributed by atoms with van der Waals surface area (Å²) in [6.45, 7) is 0. The fraction of sp³-hybridized carbons (Fsp3) is 0.0769. The van der Waals surface area contributed by atoms with E-state index in [1.807, 2.05) is 11.4 Å². The number of aromatic nitrogens is 1. The third-order valence-corrected chi connectivity index (χ3v) is 4.75. The average Bonchev–Trinajstić information content (AvgIpc) is 3.03. The third kappa shape index (κ3) is 2.09. The second kappa shape index (κ2) is 4.64. The predicted octanol–water partition coefficient (Wildman–Crippen LogP) is 3.73. The second-order valence-corrected chi connectivity index (χ2v) is 5.77. The van der Waals surface area contributed by atoms with Crippen molar-refractivity contribution < 1.29 is 14.6 Å². The molecule has 2 aromatic heterocycles. The predicted molar refractivity (Wildman–Crippen MR) is 76.4 cm³/mol. The summed E-state index contributed by atoms with van der Waals surface area (Å²) in [7, 11) is 1.63. The minimum absolute atomic E-state index is 0.279. The molecule has 19 heavy (non-hydrogen) atoms. The van der Waals surface area contributed by atoms with Gasteiger partial charge in [0.15, 0.2) is 0 Å². The Labute approximate surface area is 116 Å². The number of hydrogen-bond acceptors (Lipinski definition) is 5. The standard InChI is InChI=1S/C13H9NO3S2/c1-17-9-4-5-18-11(9)12-14-8-3-2-7(13(15)16)6-10(8)19-12/h2-6H,1H3,(H,15,16).